The zero-order chi connectivity index (χ0) is 23.8. The number of benzene rings is 2. The number of amides is 2. The van der Waals surface area contributed by atoms with Crippen LogP contribution in [-0.2, 0) is 4.79 Å². The van der Waals surface area contributed by atoms with Gasteiger partial charge in [0.2, 0.25) is 10.9 Å². The first kappa shape index (κ1) is 21.8. The van der Waals surface area contributed by atoms with Crippen LogP contribution in [0.1, 0.15) is 51.2 Å². The van der Waals surface area contributed by atoms with Gasteiger partial charge in [0.25, 0.3) is 5.91 Å². The molecule has 2 heterocycles. The predicted molar refractivity (Wildman–Crippen MR) is 126 cm³/mol. The molecule has 1 aliphatic heterocycles. The zero-order valence-corrected chi connectivity index (χ0v) is 18.8. The maximum Gasteiger partial charge on any atom is 0.254 e. The van der Waals surface area contributed by atoms with E-state index in [0.717, 1.165) is 23.8 Å². The van der Waals surface area contributed by atoms with Crippen LogP contribution in [0.5, 0.6) is 0 Å². The van der Waals surface area contributed by atoms with E-state index >= 15 is 0 Å². The highest BCUT2D eigenvalue weighted by Gasteiger charge is 2.46. The van der Waals surface area contributed by atoms with E-state index < -0.39 is 17.8 Å². The Morgan fingerprint density at radius 2 is 2.03 bits per heavy atom. The van der Waals surface area contributed by atoms with Crippen molar-refractivity contribution in [2.75, 3.05) is 11.9 Å². The summed E-state index contributed by atoms with van der Waals surface area (Å²) in [5, 5.41) is 12.5. The number of thiophene rings is 1. The van der Waals surface area contributed by atoms with Crippen molar-refractivity contribution in [3.05, 3.63) is 93.4 Å². The lowest BCUT2D eigenvalue weighted by Gasteiger charge is -2.41. The van der Waals surface area contributed by atoms with Gasteiger partial charge in [0.1, 0.15) is 11.9 Å². The van der Waals surface area contributed by atoms with E-state index in [9.17, 15) is 14.0 Å². The number of hydrogen-bond donors (Lipinski definition) is 1. The molecule has 168 valence electrons. The fourth-order valence-corrected chi connectivity index (χ4v) is 5.38. The SMILES string of the molecule is [C-]#[N+]c1ccc([C@H]2[C@H](C(=O)Nc3ccc(F)c(C#N)c3)c3ccccc3C(=O)N2CC2CC2)s1. The minimum Gasteiger partial charge on any atom is -0.329 e. The largest absolute Gasteiger partial charge is 0.329 e. The topological polar surface area (TPSA) is 77.6 Å². The quantitative estimate of drug-likeness (QED) is 0.490. The summed E-state index contributed by atoms with van der Waals surface area (Å²) >= 11 is 1.28. The van der Waals surface area contributed by atoms with E-state index in [4.69, 9.17) is 11.8 Å². The Bertz CT molecular complexity index is 1380. The average molecular weight is 471 g/mol. The Balaban J connectivity index is 1.60. The number of nitrogens with zero attached hydrogens (tertiary/aromatic N) is 3. The van der Waals surface area contributed by atoms with Gasteiger partial charge in [0.05, 0.1) is 24.1 Å². The van der Waals surface area contributed by atoms with Gasteiger partial charge in [-0.05, 0) is 54.7 Å². The molecule has 1 fully saturated rings. The highest BCUT2D eigenvalue weighted by molar-refractivity contribution is 7.16. The molecule has 3 aromatic rings. The number of halogens is 1. The summed E-state index contributed by atoms with van der Waals surface area (Å²) in [5.41, 5.74) is 1.24. The third-order valence-electron chi connectivity index (χ3n) is 6.24. The van der Waals surface area contributed by atoms with E-state index in [0.29, 0.717) is 34.3 Å². The Labute approximate surface area is 200 Å². The van der Waals surface area contributed by atoms with Crippen molar-refractivity contribution in [1.29, 1.82) is 5.26 Å². The number of nitriles is 1. The minimum absolute atomic E-state index is 0.122. The number of rotatable bonds is 5. The molecule has 0 unspecified atom stereocenters. The van der Waals surface area contributed by atoms with Crippen LogP contribution in [-0.4, -0.2) is 23.3 Å². The summed E-state index contributed by atoms with van der Waals surface area (Å²) in [7, 11) is 0. The summed E-state index contributed by atoms with van der Waals surface area (Å²) in [5.74, 6) is -1.48. The molecular formula is C26H19FN4O2S. The second kappa shape index (κ2) is 8.74. The van der Waals surface area contributed by atoms with Gasteiger partial charge in [-0.15, -0.1) is 0 Å². The van der Waals surface area contributed by atoms with Crippen molar-refractivity contribution in [1.82, 2.24) is 4.90 Å². The summed E-state index contributed by atoms with van der Waals surface area (Å²) in [6.45, 7) is 7.90. The lowest BCUT2D eigenvalue weighted by atomic mass is 9.81. The molecule has 2 aromatic carbocycles. The smallest absolute Gasteiger partial charge is 0.254 e. The number of carbonyl (C=O) groups is 2. The summed E-state index contributed by atoms with van der Waals surface area (Å²) < 4.78 is 13.8. The van der Waals surface area contributed by atoms with Gasteiger partial charge in [-0.2, -0.15) is 16.6 Å². The van der Waals surface area contributed by atoms with E-state index in [1.165, 1.54) is 23.5 Å². The number of hydrogen-bond acceptors (Lipinski definition) is 4. The molecule has 2 aliphatic rings. The summed E-state index contributed by atoms with van der Waals surface area (Å²) in [6, 6.07) is 15.7. The molecule has 0 bridgehead atoms. The van der Waals surface area contributed by atoms with Crippen LogP contribution in [0.4, 0.5) is 15.1 Å². The molecule has 1 aromatic heterocycles. The molecule has 5 rings (SSSR count). The Morgan fingerprint density at radius 3 is 2.74 bits per heavy atom. The van der Waals surface area contributed by atoms with Crippen LogP contribution >= 0.6 is 11.3 Å². The molecule has 34 heavy (non-hydrogen) atoms. The fourth-order valence-electron chi connectivity index (χ4n) is 4.44. The Hall–Kier alpha value is -4.01. The molecule has 0 radical (unpaired) electrons. The van der Waals surface area contributed by atoms with E-state index in [1.54, 1.807) is 41.3 Å². The lowest BCUT2D eigenvalue weighted by molar-refractivity contribution is -0.119. The van der Waals surface area contributed by atoms with E-state index in [-0.39, 0.29) is 17.4 Å². The second-order valence-corrected chi connectivity index (χ2v) is 9.59. The highest BCUT2D eigenvalue weighted by atomic mass is 32.1. The van der Waals surface area contributed by atoms with E-state index in [1.807, 2.05) is 6.07 Å². The standard InChI is InChI=1S/C26H19FN4O2S/c1-29-22-11-10-21(34-22)24-23(25(32)30-17-8-9-20(27)16(12-17)13-28)18-4-2-3-5-19(18)26(33)31(24)14-15-6-7-15/h2-5,8-12,15,23-24H,6-7,14H2,(H,30,32)/t23-,24+/m1/s1. The van der Waals surface area contributed by atoms with Crippen molar-refractivity contribution in [2.24, 2.45) is 5.92 Å². The number of fused-ring (bicyclic) bond motifs is 1. The third-order valence-corrected chi connectivity index (χ3v) is 7.29. The molecule has 2 amide bonds. The molecular weight excluding hydrogens is 451 g/mol. The molecule has 1 aliphatic carbocycles. The zero-order valence-electron chi connectivity index (χ0n) is 18.0. The Kier molecular flexibility index (Phi) is 5.61. The highest BCUT2D eigenvalue weighted by Crippen LogP contribution is 2.48. The van der Waals surface area contributed by atoms with Gasteiger partial charge < -0.3 is 10.2 Å². The van der Waals surface area contributed by atoms with Crippen LogP contribution in [0.2, 0.25) is 0 Å². The fraction of sp³-hybridized carbons (Fsp3) is 0.231. The van der Waals surface area contributed by atoms with E-state index in [2.05, 4.69) is 10.2 Å². The molecule has 0 saturated heterocycles. The number of carbonyl (C=O) groups excluding carboxylic acids is 2. The van der Waals surface area contributed by atoms with Gasteiger partial charge >= 0.3 is 0 Å². The van der Waals surface area contributed by atoms with Crippen LogP contribution in [0.3, 0.4) is 0 Å². The first-order valence-electron chi connectivity index (χ1n) is 10.9. The first-order chi connectivity index (χ1) is 16.5. The van der Waals surface area contributed by atoms with Gasteiger partial charge in [-0.25, -0.2) is 9.24 Å². The molecule has 0 spiro atoms. The first-order valence-corrected chi connectivity index (χ1v) is 11.7. The van der Waals surface area contributed by atoms with Crippen LogP contribution in [0.15, 0.2) is 54.6 Å². The molecule has 8 heteroatoms. The van der Waals surface area contributed by atoms with Crippen molar-refractivity contribution in [2.45, 2.75) is 24.8 Å². The lowest BCUT2D eigenvalue weighted by Crippen LogP contribution is -2.46. The van der Waals surface area contributed by atoms with Crippen molar-refractivity contribution in [3.63, 3.8) is 0 Å². The normalized spacial score (nSPS) is 19.1. The molecule has 2 atom stereocenters. The van der Waals surface area contributed by atoms with Gasteiger partial charge in [0, 0.05) is 22.7 Å². The summed E-state index contributed by atoms with van der Waals surface area (Å²) in [4.78, 5) is 33.3. The third kappa shape index (κ3) is 3.93. The second-order valence-electron chi connectivity index (χ2n) is 8.49. The monoisotopic (exact) mass is 470 g/mol. The molecule has 6 nitrogen and oxygen atoms in total. The van der Waals surface area contributed by atoms with Gasteiger partial charge in [0.15, 0.2) is 0 Å². The Morgan fingerprint density at radius 1 is 1.24 bits per heavy atom. The van der Waals surface area contributed by atoms with Crippen LogP contribution in [0, 0.1) is 29.6 Å². The van der Waals surface area contributed by atoms with Crippen molar-refractivity contribution in [3.8, 4) is 6.07 Å². The predicted octanol–water partition coefficient (Wildman–Crippen LogP) is 5.64. The number of anilines is 1. The van der Waals surface area contributed by atoms with Crippen molar-refractivity contribution < 1.29 is 14.0 Å². The summed E-state index contributed by atoms with van der Waals surface area (Å²) in [6.07, 6.45) is 2.08. The van der Waals surface area contributed by atoms with Gasteiger partial charge in [-0.1, -0.05) is 24.3 Å². The van der Waals surface area contributed by atoms with Crippen molar-refractivity contribution >= 4 is 33.8 Å². The minimum atomic E-state index is -0.736. The van der Waals surface area contributed by atoms with Crippen LogP contribution < -0.4 is 5.32 Å². The van der Waals surface area contributed by atoms with Gasteiger partial charge in [-0.3, -0.25) is 9.59 Å². The molecule has 1 N–H and O–H groups in total. The maximum absolute atomic E-state index is 13.8. The number of nitrogens with one attached hydrogen (secondary N) is 1. The average Bonchev–Trinajstić information content (AvgIpc) is 3.54. The van der Waals surface area contributed by atoms with Crippen LogP contribution in [0.25, 0.3) is 4.85 Å². The maximum atomic E-state index is 13.8. The molecule has 1 saturated carbocycles.